The van der Waals surface area contributed by atoms with Crippen molar-refractivity contribution < 1.29 is 4.92 Å². The van der Waals surface area contributed by atoms with Crippen molar-refractivity contribution in [1.29, 1.82) is 0 Å². The molecule has 0 saturated carbocycles. The van der Waals surface area contributed by atoms with Gasteiger partial charge in [-0.2, -0.15) is 0 Å². The lowest BCUT2D eigenvalue weighted by Crippen LogP contribution is -2.01. The number of hydrogen-bond acceptors (Lipinski definition) is 4. The van der Waals surface area contributed by atoms with Crippen LogP contribution in [0.1, 0.15) is 16.8 Å². The van der Waals surface area contributed by atoms with Gasteiger partial charge in [0.2, 0.25) is 0 Å². The third-order valence-electron chi connectivity index (χ3n) is 2.64. The molecule has 0 spiro atoms. The molecule has 0 atom stereocenters. The van der Waals surface area contributed by atoms with E-state index in [9.17, 15) is 10.1 Å². The molecular formula is C11H11BrN4O2. The van der Waals surface area contributed by atoms with Crippen molar-refractivity contribution in [3.05, 3.63) is 45.3 Å². The Morgan fingerprint density at radius 1 is 1.39 bits per heavy atom. The summed E-state index contributed by atoms with van der Waals surface area (Å²) in [7, 11) is 0. The Morgan fingerprint density at radius 3 is 2.67 bits per heavy atom. The number of nitrogens with zero attached hydrogens (tertiary/aromatic N) is 4. The van der Waals surface area contributed by atoms with E-state index in [1.165, 1.54) is 6.07 Å². The first-order valence-electron chi connectivity index (χ1n) is 5.26. The van der Waals surface area contributed by atoms with Crippen LogP contribution in [0, 0.1) is 24.0 Å². The predicted molar refractivity (Wildman–Crippen MR) is 70.1 cm³/mol. The van der Waals surface area contributed by atoms with Crippen LogP contribution in [-0.4, -0.2) is 19.9 Å². The number of halogens is 1. The monoisotopic (exact) mass is 310 g/mol. The summed E-state index contributed by atoms with van der Waals surface area (Å²) in [5.41, 5.74) is 3.10. The van der Waals surface area contributed by atoms with Crippen LogP contribution >= 0.6 is 15.9 Å². The number of rotatable bonds is 3. The maximum Gasteiger partial charge on any atom is 0.274 e. The first-order chi connectivity index (χ1) is 8.52. The second-order valence-corrected chi connectivity index (χ2v) is 4.53. The molecule has 7 heteroatoms. The van der Waals surface area contributed by atoms with Crippen molar-refractivity contribution in [2.45, 2.75) is 19.2 Å². The molecule has 0 amide bonds. The Labute approximate surface area is 112 Å². The Hall–Kier alpha value is -1.76. The molecule has 6 nitrogen and oxygen atoms in total. The average molecular weight is 311 g/mol. The Bertz CT molecular complexity index is 609. The molecule has 0 unspecified atom stereocenters. The molecule has 0 N–H and O–H groups in total. The third-order valence-corrected chi connectivity index (χ3v) is 3.21. The number of aryl methyl sites for hydroxylation is 2. The Balaban J connectivity index is 2.56. The average Bonchev–Trinajstić information content (AvgIpc) is 2.77. The lowest BCUT2D eigenvalue weighted by Gasteiger charge is -2.06. The second kappa shape index (κ2) is 4.85. The third kappa shape index (κ3) is 2.26. The molecule has 2 aromatic rings. The minimum absolute atomic E-state index is 0.0893. The quantitative estimate of drug-likeness (QED) is 0.496. The topological polar surface area (TPSA) is 73.8 Å². The normalized spacial score (nSPS) is 10.6. The molecular weight excluding hydrogens is 300 g/mol. The van der Waals surface area contributed by atoms with E-state index in [0.29, 0.717) is 16.6 Å². The summed E-state index contributed by atoms with van der Waals surface area (Å²) >= 11 is 3.29. The Morgan fingerprint density at radius 2 is 2.11 bits per heavy atom. The summed E-state index contributed by atoms with van der Waals surface area (Å²) in [6.07, 6.45) is 1.75. The van der Waals surface area contributed by atoms with Crippen LogP contribution in [0.4, 0.5) is 5.69 Å². The van der Waals surface area contributed by atoms with Crippen LogP contribution in [0.5, 0.6) is 0 Å². The van der Waals surface area contributed by atoms with Gasteiger partial charge in [-0.15, -0.1) is 5.10 Å². The van der Waals surface area contributed by atoms with Crippen molar-refractivity contribution in [2.24, 2.45) is 0 Å². The summed E-state index contributed by atoms with van der Waals surface area (Å²) in [6.45, 7) is 3.61. The minimum atomic E-state index is -0.388. The van der Waals surface area contributed by atoms with Gasteiger partial charge in [-0.1, -0.05) is 21.1 Å². The van der Waals surface area contributed by atoms with E-state index in [4.69, 9.17) is 0 Å². The summed E-state index contributed by atoms with van der Waals surface area (Å²) in [5, 5.41) is 19.4. The van der Waals surface area contributed by atoms with E-state index < -0.39 is 0 Å². The lowest BCUT2D eigenvalue weighted by molar-refractivity contribution is -0.385. The van der Waals surface area contributed by atoms with Crippen molar-refractivity contribution in [3.8, 4) is 5.69 Å². The molecule has 0 aliphatic rings. The highest BCUT2D eigenvalue weighted by Gasteiger charge is 2.15. The molecule has 0 aliphatic heterocycles. The van der Waals surface area contributed by atoms with Gasteiger partial charge in [-0.3, -0.25) is 10.1 Å². The molecule has 1 aromatic carbocycles. The summed E-state index contributed by atoms with van der Waals surface area (Å²) in [6, 6.07) is 3.31. The summed E-state index contributed by atoms with van der Waals surface area (Å²) in [4.78, 5) is 10.5. The number of nitro benzene ring substituents is 1. The van der Waals surface area contributed by atoms with E-state index in [2.05, 4.69) is 26.2 Å². The van der Waals surface area contributed by atoms with Crippen LogP contribution in [0.2, 0.25) is 0 Å². The minimum Gasteiger partial charge on any atom is -0.258 e. The van der Waals surface area contributed by atoms with Crippen molar-refractivity contribution in [3.63, 3.8) is 0 Å². The fourth-order valence-electron chi connectivity index (χ4n) is 1.75. The maximum absolute atomic E-state index is 10.9. The molecule has 0 fully saturated rings. The number of hydrogen-bond donors (Lipinski definition) is 0. The number of aromatic nitrogens is 3. The van der Waals surface area contributed by atoms with E-state index in [-0.39, 0.29) is 10.6 Å². The second-order valence-electron chi connectivity index (χ2n) is 3.97. The largest absolute Gasteiger partial charge is 0.274 e. The number of benzene rings is 1. The molecule has 0 bridgehead atoms. The van der Waals surface area contributed by atoms with Crippen molar-refractivity contribution in [1.82, 2.24) is 15.0 Å². The van der Waals surface area contributed by atoms with E-state index in [1.807, 2.05) is 6.92 Å². The molecule has 18 heavy (non-hydrogen) atoms. The molecule has 0 saturated heterocycles. The Kier molecular flexibility index (Phi) is 3.42. The SMILES string of the molecule is Cc1cc(C)c([N+](=O)[O-])cc1-n1cc(CBr)nn1. The van der Waals surface area contributed by atoms with Crippen LogP contribution in [0.15, 0.2) is 18.3 Å². The van der Waals surface area contributed by atoms with Crippen LogP contribution in [0.25, 0.3) is 5.69 Å². The smallest absolute Gasteiger partial charge is 0.258 e. The zero-order valence-corrected chi connectivity index (χ0v) is 11.5. The zero-order valence-electron chi connectivity index (χ0n) is 9.92. The first-order valence-corrected chi connectivity index (χ1v) is 6.38. The molecule has 1 aromatic heterocycles. The van der Waals surface area contributed by atoms with Crippen LogP contribution in [0.3, 0.4) is 0 Å². The lowest BCUT2D eigenvalue weighted by atomic mass is 10.1. The van der Waals surface area contributed by atoms with E-state index >= 15 is 0 Å². The molecule has 1 heterocycles. The fraction of sp³-hybridized carbons (Fsp3) is 0.273. The molecule has 0 radical (unpaired) electrons. The summed E-state index contributed by atoms with van der Waals surface area (Å²) in [5.74, 6) is 0. The maximum atomic E-state index is 10.9. The van der Waals surface area contributed by atoms with Crippen molar-refractivity contribution >= 4 is 21.6 Å². The van der Waals surface area contributed by atoms with Gasteiger partial charge in [0.25, 0.3) is 5.69 Å². The standard InChI is InChI=1S/C11H11BrN4O2/c1-7-3-8(2)11(16(17)18)4-10(7)15-6-9(5-12)13-14-15/h3-4,6H,5H2,1-2H3. The van der Waals surface area contributed by atoms with Gasteiger partial charge in [0.1, 0.15) is 0 Å². The van der Waals surface area contributed by atoms with Gasteiger partial charge < -0.3 is 0 Å². The summed E-state index contributed by atoms with van der Waals surface area (Å²) < 4.78 is 1.55. The zero-order chi connectivity index (χ0) is 13.3. The van der Waals surface area contributed by atoms with Gasteiger partial charge >= 0.3 is 0 Å². The van der Waals surface area contributed by atoms with Gasteiger partial charge in [-0.05, 0) is 25.5 Å². The van der Waals surface area contributed by atoms with Gasteiger partial charge in [0, 0.05) is 17.0 Å². The van der Waals surface area contributed by atoms with Gasteiger partial charge in [0.15, 0.2) is 0 Å². The molecule has 2 rings (SSSR count). The molecule has 0 aliphatic carbocycles. The van der Waals surface area contributed by atoms with Gasteiger partial charge in [0.05, 0.1) is 22.5 Å². The first kappa shape index (κ1) is 12.7. The van der Waals surface area contributed by atoms with Crippen LogP contribution < -0.4 is 0 Å². The number of nitro groups is 1. The highest BCUT2D eigenvalue weighted by atomic mass is 79.9. The number of alkyl halides is 1. The highest BCUT2D eigenvalue weighted by Crippen LogP contribution is 2.25. The highest BCUT2D eigenvalue weighted by molar-refractivity contribution is 9.08. The van der Waals surface area contributed by atoms with Crippen molar-refractivity contribution in [2.75, 3.05) is 0 Å². The molecule has 94 valence electrons. The fourth-order valence-corrected chi connectivity index (χ4v) is 2.01. The van der Waals surface area contributed by atoms with Gasteiger partial charge in [-0.25, -0.2) is 4.68 Å². The van der Waals surface area contributed by atoms with E-state index in [1.54, 1.807) is 23.9 Å². The van der Waals surface area contributed by atoms with Crippen LogP contribution in [-0.2, 0) is 5.33 Å². The predicted octanol–water partition coefficient (Wildman–Crippen LogP) is 2.69. The van der Waals surface area contributed by atoms with E-state index in [0.717, 1.165) is 11.3 Å².